The minimum atomic E-state index is -0.734. The maximum atomic E-state index is 12.0. The van der Waals surface area contributed by atoms with Crippen LogP contribution in [0.4, 0.5) is 0 Å². The van der Waals surface area contributed by atoms with Gasteiger partial charge >= 0.3 is 0 Å². The van der Waals surface area contributed by atoms with Gasteiger partial charge in [0.1, 0.15) is 11.9 Å². The number of nitrogens with one attached hydrogen (secondary N) is 2. The number of hydrogen-bond acceptors (Lipinski definition) is 5. The lowest BCUT2D eigenvalue weighted by Crippen LogP contribution is -2.44. The third-order valence-corrected chi connectivity index (χ3v) is 4.33. The van der Waals surface area contributed by atoms with E-state index in [0.717, 1.165) is 5.56 Å². The van der Waals surface area contributed by atoms with Crippen LogP contribution < -0.4 is 10.6 Å². The highest BCUT2D eigenvalue weighted by molar-refractivity contribution is 5.94. The Morgan fingerprint density at radius 1 is 1.12 bits per heavy atom. The molecule has 0 radical (unpaired) electrons. The molecule has 0 saturated carbocycles. The monoisotopic (exact) mass is 342 g/mol. The molecule has 0 aliphatic carbocycles. The number of amides is 1. The summed E-state index contributed by atoms with van der Waals surface area (Å²) in [7, 11) is 0. The summed E-state index contributed by atoms with van der Waals surface area (Å²) in [4.78, 5) is 12.0. The van der Waals surface area contributed by atoms with Crippen molar-refractivity contribution in [2.45, 2.75) is 24.8 Å². The van der Waals surface area contributed by atoms with E-state index in [2.05, 4.69) is 10.6 Å². The summed E-state index contributed by atoms with van der Waals surface area (Å²) in [6, 6.07) is 15.7. The van der Waals surface area contributed by atoms with Gasteiger partial charge in [-0.3, -0.25) is 4.79 Å². The molecule has 1 fully saturated rings. The summed E-state index contributed by atoms with van der Waals surface area (Å²) >= 11 is 0. The number of carbonyl (C=O) groups is 1. The Balaban J connectivity index is 1.47. The molecule has 6 nitrogen and oxygen atoms in total. The Morgan fingerprint density at radius 3 is 2.60 bits per heavy atom. The Hall–Kier alpha value is -2.41. The lowest BCUT2D eigenvalue weighted by molar-refractivity contribution is 0.0398. The van der Waals surface area contributed by atoms with Crippen LogP contribution >= 0.6 is 0 Å². The summed E-state index contributed by atoms with van der Waals surface area (Å²) in [5.74, 6) is 0.0251. The lowest BCUT2D eigenvalue weighted by atomic mass is 10.1. The van der Waals surface area contributed by atoms with Crippen LogP contribution in [0, 0.1) is 0 Å². The van der Waals surface area contributed by atoms with Crippen molar-refractivity contribution in [3.8, 4) is 5.75 Å². The summed E-state index contributed by atoms with van der Waals surface area (Å²) in [6.45, 7) is 1.02. The second kappa shape index (κ2) is 8.11. The van der Waals surface area contributed by atoms with Gasteiger partial charge in [-0.2, -0.15) is 0 Å². The van der Waals surface area contributed by atoms with Crippen LogP contribution in [0.3, 0.4) is 0 Å². The fourth-order valence-corrected chi connectivity index (χ4v) is 2.83. The fourth-order valence-electron chi connectivity index (χ4n) is 2.83. The van der Waals surface area contributed by atoms with E-state index in [1.807, 2.05) is 18.2 Å². The third kappa shape index (κ3) is 4.36. The van der Waals surface area contributed by atoms with Crippen molar-refractivity contribution >= 4 is 5.91 Å². The highest BCUT2D eigenvalue weighted by Crippen LogP contribution is 2.18. The van der Waals surface area contributed by atoms with Crippen LogP contribution in [0.1, 0.15) is 15.9 Å². The first-order valence-electron chi connectivity index (χ1n) is 8.28. The number of phenolic OH excluding ortho intramolecular Hbond substituents is 1. The molecule has 1 saturated heterocycles. The number of phenols is 1. The Kier molecular flexibility index (Phi) is 5.65. The molecule has 1 aliphatic rings. The zero-order chi connectivity index (χ0) is 17.6. The first-order chi connectivity index (χ1) is 12.1. The van der Waals surface area contributed by atoms with Crippen molar-refractivity contribution in [3.63, 3.8) is 0 Å². The maximum absolute atomic E-state index is 12.0. The number of aliphatic hydroxyl groups is 1. The Bertz CT molecular complexity index is 708. The minimum absolute atomic E-state index is 0.193. The van der Waals surface area contributed by atoms with E-state index in [4.69, 9.17) is 4.74 Å². The molecule has 0 spiro atoms. The number of aromatic hydroxyl groups is 1. The van der Waals surface area contributed by atoms with Gasteiger partial charge in [0.2, 0.25) is 0 Å². The van der Waals surface area contributed by atoms with Gasteiger partial charge in [0.05, 0.1) is 18.8 Å². The van der Waals surface area contributed by atoms with E-state index < -0.39 is 12.2 Å². The fraction of sp³-hybridized carbons (Fsp3) is 0.316. The highest BCUT2D eigenvalue weighted by Gasteiger charge is 2.35. The van der Waals surface area contributed by atoms with Crippen molar-refractivity contribution in [1.29, 1.82) is 0 Å². The summed E-state index contributed by atoms with van der Waals surface area (Å²) < 4.78 is 5.59. The number of aliphatic hydroxyl groups excluding tert-OH is 1. The molecule has 25 heavy (non-hydrogen) atoms. The number of para-hydroxylation sites is 1. The number of carbonyl (C=O) groups excluding carboxylic acids is 1. The standard InChI is InChI=1S/C19H22N2O4/c22-16-9-5-4-8-14(16)10-20-15-12-25-17(18(15)23)11-21-19(24)13-6-2-1-3-7-13/h1-9,15,17-18,20,22-23H,10-12H2,(H,21,24). The molecule has 3 rings (SSSR count). The number of hydrogen-bond donors (Lipinski definition) is 4. The second-order valence-corrected chi connectivity index (χ2v) is 6.05. The van der Waals surface area contributed by atoms with Crippen molar-refractivity contribution in [2.75, 3.05) is 13.2 Å². The zero-order valence-corrected chi connectivity index (χ0v) is 13.8. The van der Waals surface area contributed by atoms with Crippen LogP contribution in [0.5, 0.6) is 5.75 Å². The second-order valence-electron chi connectivity index (χ2n) is 6.05. The smallest absolute Gasteiger partial charge is 0.251 e. The predicted octanol–water partition coefficient (Wildman–Crippen LogP) is 1.04. The van der Waals surface area contributed by atoms with Crippen molar-refractivity contribution in [2.24, 2.45) is 0 Å². The Morgan fingerprint density at radius 2 is 1.84 bits per heavy atom. The molecule has 1 amide bonds. The molecule has 0 aromatic heterocycles. The quantitative estimate of drug-likeness (QED) is 0.630. The van der Waals surface area contributed by atoms with Crippen molar-refractivity contribution in [1.82, 2.24) is 10.6 Å². The van der Waals surface area contributed by atoms with Crippen molar-refractivity contribution < 1.29 is 19.7 Å². The largest absolute Gasteiger partial charge is 0.508 e. The molecular weight excluding hydrogens is 320 g/mol. The SMILES string of the molecule is O=C(NCC1OCC(NCc2ccccc2O)C1O)c1ccccc1. The third-order valence-electron chi connectivity index (χ3n) is 4.33. The van der Waals surface area contributed by atoms with Gasteiger partial charge in [-0.25, -0.2) is 0 Å². The molecule has 3 atom stereocenters. The summed E-state index contributed by atoms with van der Waals surface area (Å²) in [5.41, 5.74) is 1.33. The normalized spacial score (nSPS) is 22.7. The summed E-state index contributed by atoms with van der Waals surface area (Å²) in [5, 5.41) is 26.1. The highest BCUT2D eigenvalue weighted by atomic mass is 16.5. The van der Waals surface area contributed by atoms with Crippen LogP contribution in [-0.4, -0.2) is 47.5 Å². The molecular formula is C19H22N2O4. The lowest BCUT2D eigenvalue weighted by Gasteiger charge is -2.19. The molecule has 132 valence electrons. The van der Waals surface area contributed by atoms with E-state index in [-0.39, 0.29) is 24.2 Å². The first kappa shape index (κ1) is 17.4. The maximum Gasteiger partial charge on any atom is 0.251 e. The number of rotatable bonds is 6. The first-order valence-corrected chi connectivity index (χ1v) is 8.28. The summed E-state index contributed by atoms with van der Waals surface area (Å²) in [6.07, 6.45) is -1.20. The average molecular weight is 342 g/mol. The molecule has 2 aromatic rings. The van der Waals surface area contributed by atoms with E-state index >= 15 is 0 Å². The molecule has 3 unspecified atom stereocenters. The molecule has 1 heterocycles. The van der Waals surface area contributed by atoms with E-state index in [9.17, 15) is 15.0 Å². The molecule has 0 bridgehead atoms. The number of benzene rings is 2. The van der Waals surface area contributed by atoms with Crippen LogP contribution in [0.15, 0.2) is 54.6 Å². The molecule has 4 N–H and O–H groups in total. The van der Waals surface area contributed by atoms with Gasteiger partial charge < -0.3 is 25.6 Å². The zero-order valence-electron chi connectivity index (χ0n) is 13.8. The van der Waals surface area contributed by atoms with Crippen LogP contribution in [-0.2, 0) is 11.3 Å². The van der Waals surface area contributed by atoms with E-state index in [0.29, 0.717) is 18.7 Å². The van der Waals surface area contributed by atoms with E-state index in [1.54, 1.807) is 36.4 Å². The number of ether oxygens (including phenoxy) is 1. The van der Waals surface area contributed by atoms with Gasteiger partial charge in [-0.1, -0.05) is 36.4 Å². The van der Waals surface area contributed by atoms with Gasteiger partial charge in [0.25, 0.3) is 5.91 Å². The predicted molar refractivity (Wildman–Crippen MR) is 93.3 cm³/mol. The van der Waals surface area contributed by atoms with Gasteiger partial charge in [0, 0.05) is 24.2 Å². The van der Waals surface area contributed by atoms with E-state index in [1.165, 1.54) is 0 Å². The van der Waals surface area contributed by atoms with Crippen LogP contribution in [0.2, 0.25) is 0 Å². The molecule has 2 aromatic carbocycles. The van der Waals surface area contributed by atoms with Crippen LogP contribution in [0.25, 0.3) is 0 Å². The average Bonchev–Trinajstić information content (AvgIpc) is 2.99. The van der Waals surface area contributed by atoms with Gasteiger partial charge in [0.15, 0.2) is 0 Å². The van der Waals surface area contributed by atoms with Gasteiger partial charge in [-0.15, -0.1) is 0 Å². The molecule has 6 heteroatoms. The van der Waals surface area contributed by atoms with Gasteiger partial charge in [-0.05, 0) is 18.2 Å². The molecule has 1 aliphatic heterocycles. The minimum Gasteiger partial charge on any atom is -0.508 e. The Labute approximate surface area is 146 Å². The topological polar surface area (TPSA) is 90.8 Å². The van der Waals surface area contributed by atoms with Crippen molar-refractivity contribution in [3.05, 3.63) is 65.7 Å².